The summed E-state index contributed by atoms with van der Waals surface area (Å²) >= 11 is 0. The van der Waals surface area contributed by atoms with Gasteiger partial charge in [-0.15, -0.1) is 0 Å². The number of likely N-dealkylation sites (tertiary alicyclic amines) is 2. The number of amides is 4. The second-order valence-corrected chi connectivity index (χ2v) is 4.59. The molecular formula is C11H17N3O3. The molecule has 6 nitrogen and oxygen atoms in total. The smallest absolute Gasteiger partial charge is 0.317 e. The maximum atomic E-state index is 11.7. The molecule has 6 heteroatoms. The van der Waals surface area contributed by atoms with Crippen LogP contribution in [0.15, 0.2) is 0 Å². The van der Waals surface area contributed by atoms with Crippen molar-refractivity contribution in [3.63, 3.8) is 0 Å². The SMILES string of the molecule is CCCNC(=O)N1C[C@@H]2C(=O)N(C)C(=O)[C@@H]2C1. The molecule has 2 fully saturated rings. The molecule has 0 saturated carbocycles. The van der Waals surface area contributed by atoms with Crippen molar-refractivity contribution >= 4 is 17.8 Å². The second-order valence-electron chi connectivity index (χ2n) is 4.59. The van der Waals surface area contributed by atoms with Crippen molar-refractivity contribution in [2.45, 2.75) is 13.3 Å². The molecule has 94 valence electrons. The highest BCUT2D eigenvalue weighted by Crippen LogP contribution is 2.32. The van der Waals surface area contributed by atoms with Gasteiger partial charge in [0.2, 0.25) is 11.8 Å². The van der Waals surface area contributed by atoms with Gasteiger partial charge in [-0.05, 0) is 6.42 Å². The molecule has 0 aromatic carbocycles. The second kappa shape index (κ2) is 4.35. The summed E-state index contributed by atoms with van der Waals surface area (Å²) in [5.41, 5.74) is 0. The zero-order valence-corrected chi connectivity index (χ0v) is 10.1. The molecule has 2 saturated heterocycles. The third-order valence-corrected chi connectivity index (χ3v) is 3.43. The van der Waals surface area contributed by atoms with E-state index in [0.29, 0.717) is 19.6 Å². The predicted molar refractivity (Wildman–Crippen MR) is 60.0 cm³/mol. The van der Waals surface area contributed by atoms with E-state index in [0.717, 1.165) is 6.42 Å². The van der Waals surface area contributed by atoms with Gasteiger partial charge >= 0.3 is 6.03 Å². The van der Waals surface area contributed by atoms with E-state index < -0.39 is 0 Å². The van der Waals surface area contributed by atoms with E-state index in [1.54, 1.807) is 4.90 Å². The van der Waals surface area contributed by atoms with Gasteiger partial charge in [-0.3, -0.25) is 14.5 Å². The van der Waals surface area contributed by atoms with E-state index in [1.807, 2.05) is 6.92 Å². The predicted octanol–water partition coefficient (Wildman–Crippen LogP) is -0.347. The van der Waals surface area contributed by atoms with Gasteiger partial charge in [-0.1, -0.05) is 6.92 Å². The van der Waals surface area contributed by atoms with Gasteiger partial charge < -0.3 is 10.2 Å². The van der Waals surface area contributed by atoms with Gasteiger partial charge in [-0.2, -0.15) is 0 Å². The molecule has 2 heterocycles. The lowest BCUT2D eigenvalue weighted by atomic mass is 10.00. The fraction of sp³-hybridized carbons (Fsp3) is 0.727. The number of fused-ring (bicyclic) bond motifs is 1. The number of urea groups is 1. The number of nitrogens with one attached hydrogen (secondary N) is 1. The lowest BCUT2D eigenvalue weighted by Crippen LogP contribution is -2.41. The normalized spacial score (nSPS) is 27.6. The summed E-state index contributed by atoms with van der Waals surface area (Å²) in [5.74, 6) is -0.990. The van der Waals surface area contributed by atoms with Gasteiger partial charge in [0.05, 0.1) is 11.8 Å². The number of rotatable bonds is 2. The van der Waals surface area contributed by atoms with Gasteiger partial charge in [0.1, 0.15) is 0 Å². The van der Waals surface area contributed by atoms with Crippen LogP contribution >= 0.6 is 0 Å². The highest BCUT2D eigenvalue weighted by molar-refractivity contribution is 6.05. The third kappa shape index (κ3) is 1.87. The van der Waals surface area contributed by atoms with Crippen LogP contribution in [0, 0.1) is 11.8 Å². The first-order chi connectivity index (χ1) is 8.06. The highest BCUT2D eigenvalue weighted by atomic mass is 16.2. The molecule has 17 heavy (non-hydrogen) atoms. The number of nitrogens with zero attached hydrogens (tertiary/aromatic N) is 2. The Morgan fingerprint density at radius 2 is 1.82 bits per heavy atom. The molecule has 0 aliphatic carbocycles. The molecule has 1 N–H and O–H groups in total. The van der Waals surface area contributed by atoms with Crippen LogP contribution in [0.3, 0.4) is 0 Å². The highest BCUT2D eigenvalue weighted by Gasteiger charge is 2.51. The van der Waals surface area contributed by atoms with E-state index in [1.165, 1.54) is 11.9 Å². The van der Waals surface area contributed by atoms with Crippen LogP contribution < -0.4 is 5.32 Å². The molecule has 0 radical (unpaired) electrons. The number of hydrogen-bond donors (Lipinski definition) is 1. The zero-order chi connectivity index (χ0) is 12.6. The average Bonchev–Trinajstić information content (AvgIpc) is 2.84. The first kappa shape index (κ1) is 11.9. The van der Waals surface area contributed by atoms with Crippen LogP contribution in [-0.2, 0) is 9.59 Å². The first-order valence-corrected chi connectivity index (χ1v) is 5.90. The summed E-state index contributed by atoms with van der Waals surface area (Å²) in [6.07, 6.45) is 0.868. The van der Waals surface area contributed by atoms with Crippen LogP contribution in [0.2, 0.25) is 0 Å². The van der Waals surface area contributed by atoms with Crippen LogP contribution in [0.4, 0.5) is 4.79 Å². The molecule has 4 amide bonds. The van der Waals surface area contributed by atoms with E-state index in [2.05, 4.69) is 5.32 Å². The Morgan fingerprint density at radius 1 is 1.29 bits per heavy atom. The first-order valence-electron chi connectivity index (χ1n) is 5.90. The molecular weight excluding hydrogens is 222 g/mol. The molecule has 0 aromatic heterocycles. The van der Waals surface area contributed by atoms with Crippen LogP contribution in [0.1, 0.15) is 13.3 Å². The van der Waals surface area contributed by atoms with Crippen molar-refractivity contribution in [2.24, 2.45) is 11.8 Å². The van der Waals surface area contributed by atoms with Crippen molar-refractivity contribution in [3.8, 4) is 0 Å². The van der Waals surface area contributed by atoms with Crippen molar-refractivity contribution in [1.29, 1.82) is 0 Å². The van der Waals surface area contributed by atoms with E-state index in [4.69, 9.17) is 0 Å². The standard InChI is InChI=1S/C11H17N3O3/c1-3-4-12-11(17)14-5-7-8(6-14)10(16)13(2)9(7)15/h7-8H,3-6H2,1-2H3,(H,12,17)/t7-,8+. The Bertz CT molecular complexity index is 345. The number of carbonyl (C=O) groups is 3. The summed E-state index contributed by atoms with van der Waals surface area (Å²) in [6, 6.07) is -0.176. The Morgan fingerprint density at radius 3 is 2.29 bits per heavy atom. The van der Waals surface area contributed by atoms with Gasteiger partial charge in [-0.25, -0.2) is 4.79 Å². The van der Waals surface area contributed by atoms with Crippen molar-refractivity contribution < 1.29 is 14.4 Å². The van der Waals surface area contributed by atoms with Crippen LogP contribution in [-0.4, -0.2) is 54.3 Å². The van der Waals surface area contributed by atoms with Gasteiger partial charge in [0.25, 0.3) is 0 Å². The topological polar surface area (TPSA) is 69.7 Å². The van der Waals surface area contributed by atoms with E-state index >= 15 is 0 Å². The lowest BCUT2D eigenvalue weighted by Gasteiger charge is -2.19. The van der Waals surface area contributed by atoms with E-state index in [-0.39, 0.29) is 29.7 Å². The maximum absolute atomic E-state index is 11.7. The molecule has 0 aromatic rings. The summed E-state index contributed by atoms with van der Waals surface area (Å²) in [5, 5.41) is 2.76. The monoisotopic (exact) mass is 239 g/mol. The quantitative estimate of drug-likeness (QED) is 0.670. The van der Waals surface area contributed by atoms with Crippen LogP contribution in [0.5, 0.6) is 0 Å². The van der Waals surface area contributed by atoms with Crippen molar-refractivity contribution in [1.82, 2.24) is 15.1 Å². The van der Waals surface area contributed by atoms with Crippen molar-refractivity contribution in [2.75, 3.05) is 26.7 Å². The largest absolute Gasteiger partial charge is 0.338 e. The summed E-state index contributed by atoms with van der Waals surface area (Å²) in [4.78, 5) is 37.9. The van der Waals surface area contributed by atoms with Gasteiger partial charge in [0, 0.05) is 26.7 Å². The molecule has 0 bridgehead atoms. The molecule has 2 atom stereocenters. The Labute approximate surface area is 99.9 Å². The fourth-order valence-electron chi connectivity index (χ4n) is 2.42. The molecule has 0 unspecified atom stereocenters. The minimum Gasteiger partial charge on any atom is -0.338 e. The summed E-state index contributed by atoms with van der Waals surface area (Å²) < 4.78 is 0. The van der Waals surface area contributed by atoms with E-state index in [9.17, 15) is 14.4 Å². The molecule has 2 aliphatic heterocycles. The molecule has 2 aliphatic rings. The number of hydrogen-bond acceptors (Lipinski definition) is 3. The fourth-order valence-corrected chi connectivity index (χ4v) is 2.42. The van der Waals surface area contributed by atoms with Gasteiger partial charge in [0.15, 0.2) is 0 Å². The lowest BCUT2D eigenvalue weighted by molar-refractivity contribution is -0.138. The Balaban J connectivity index is 1.99. The average molecular weight is 239 g/mol. The Kier molecular flexibility index (Phi) is 3.04. The molecule has 2 rings (SSSR count). The minimum atomic E-state index is -0.333. The van der Waals surface area contributed by atoms with Crippen LogP contribution in [0.25, 0.3) is 0 Å². The minimum absolute atomic E-state index is 0.161. The zero-order valence-electron chi connectivity index (χ0n) is 10.1. The molecule has 0 spiro atoms. The maximum Gasteiger partial charge on any atom is 0.317 e. The summed E-state index contributed by atoms with van der Waals surface area (Å²) in [6.45, 7) is 3.30. The number of imide groups is 1. The number of carbonyl (C=O) groups excluding carboxylic acids is 3. The van der Waals surface area contributed by atoms with Crippen molar-refractivity contribution in [3.05, 3.63) is 0 Å². The Hall–Kier alpha value is -1.59. The summed E-state index contributed by atoms with van der Waals surface area (Å²) in [7, 11) is 1.50. The third-order valence-electron chi connectivity index (χ3n) is 3.43.